The van der Waals surface area contributed by atoms with E-state index in [1.54, 1.807) is 6.92 Å². The van der Waals surface area contributed by atoms with Gasteiger partial charge in [-0.1, -0.05) is 18.2 Å². The summed E-state index contributed by atoms with van der Waals surface area (Å²) in [6, 6.07) is 14.9. The lowest BCUT2D eigenvalue weighted by atomic mass is 10.0. The number of aryl methyl sites for hydroxylation is 2. The maximum Gasteiger partial charge on any atom is 0.340 e. The summed E-state index contributed by atoms with van der Waals surface area (Å²) in [5, 5.41) is 2.63. The van der Waals surface area contributed by atoms with Crippen molar-refractivity contribution in [2.24, 2.45) is 0 Å². The molecule has 3 aromatic carbocycles. The van der Waals surface area contributed by atoms with Gasteiger partial charge in [0, 0.05) is 18.7 Å². The Hall–Kier alpha value is -4.25. The number of hydrogen-bond donors (Lipinski definition) is 1. The summed E-state index contributed by atoms with van der Waals surface area (Å²) < 4.78 is 49.3. The van der Waals surface area contributed by atoms with E-state index in [9.17, 15) is 18.0 Å². The van der Waals surface area contributed by atoms with Crippen molar-refractivity contribution in [2.45, 2.75) is 24.7 Å². The van der Waals surface area contributed by atoms with Crippen LogP contribution < -0.4 is 23.8 Å². The minimum atomic E-state index is -3.78. The first-order valence-electron chi connectivity index (χ1n) is 12.2. The van der Waals surface area contributed by atoms with Gasteiger partial charge in [-0.15, -0.1) is 0 Å². The predicted molar refractivity (Wildman–Crippen MR) is 145 cm³/mol. The molecule has 1 N–H and O–H groups in total. The van der Waals surface area contributed by atoms with E-state index < -0.39 is 21.9 Å². The van der Waals surface area contributed by atoms with Crippen LogP contribution in [0.2, 0.25) is 0 Å². The summed E-state index contributed by atoms with van der Waals surface area (Å²) in [7, 11) is 0.302. The van der Waals surface area contributed by atoms with Gasteiger partial charge in [-0.3, -0.25) is 9.10 Å². The number of para-hydroxylation sites is 1. The number of nitrogens with zero attached hydrogens (tertiary/aromatic N) is 1. The first-order chi connectivity index (χ1) is 18.7. The summed E-state index contributed by atoms with van der Waals surface area (Å²) >= 11 is 0. The van der Waals surface area contributed by atoms with Crippen LogP contribution in [-0.4, -0.2) is 54.8 Å². The number of esters is 1. The predicted octanol–water partition coefficient (Wildman–Crippen LogP) is 3.96. The number of sulfonamides is 1. The third-order valence-electron chi connectivity index (χ3n) is 6.36. The minimum Gasteiger partial charge on any atom is -0.493 e. The molecule has 4 rings (SSSR count). The Labute approximate surface area is 227 Å². The lowest BCUT2D eigenvalue weighted by Crippen LogP contribution is -2.35. The van der Waals surface area contributed by atoms with Crippen molar-refractivity contribution >= 4 is 33.3 Å². The van der Waals surface area contributed by atoms with Crippen LogP contribution in [0.25, 0.3) is 0 Å². The Bertz CT molecular complexity index is 1500. The second-order valence-corrected chi connectivity index (χ2v) is 10.7. The lowest BCUT2D eigenvalue weighted by Gasteiger charge is -2.30. The van der Waals surface area contributed by atoms with E-state index in [-0.39, 0.29) is 22.8 Å². The van der Waals surface area contributed by atoms with Crippen molar-refractivity contribution in [3.63, 3.8) is 0 Å². The van der Waals surface area contributed by atoms with Crippen LogP contribution in [-0.2, 0) is 26.0 Å². The zero-order valence-electron chi connectivity index (χ0n) is 22.1. The number of anilines is 2. The summed E-state index contributed by atoms with van der Waals surface area (Å²) in [5.41, 5.74) is 2.48. The quantitative estimate of drug-likeness (QED) is 0.395. The zero-order valence-corrected chi connectivity index (χ0v) is 23.0. The van der Waals surface area contributed by atoms with Gasteiger partial charge in [0.25, 0.3) is 15.9 Å². The molecule has 0 spiro atoms. The number of rotatable bonds is 9. The van der Waals surface area contributed by atoms with Crippen LogP contribution >= 0.6 is 0 Å². The zero-order chi connectivity index (χ0) is 28.2. The Morgan fingerprint density at radius 2 is 1.67 bits per heavy atom. The molecule has 1 amide bonds. The Morgan fingerprint density at radius 1 is 0.949 bits per heavy atom. The Morgan fingerprint density at radius 3 is 2.36 bits per heavy atom. The average Bonchev–Trinajstić information content (AvgIpc) is 2.95. The fraction of sp³-hybridized carbons (Fsp3) is 0.286. The van der Waals surface area contributed by atoms with E-state index in [4.69, 9.17) is 18.9 Å². The normalized spacial score (nSPS) is 12.8. The molecular weight excluding hydrogens is 524 g/mol. The summed E-state index contributed by atoms with van der Waals surface area (Å²) in [6.07, 6.45) is 1.57. The number of ether oxygens (including phenoxy) is 4. The molecule has 0 aliphatic carbocycles. The number of nitrogens with one attached hydrogen (secondary N) is 1. The molecule has 0 aromatic heterocycles. The molecular formula is C28H30N2O8S. The minimum absolute atomic E-state index is 0.0773. The number of carbonyl (C=O) groups is 2. The molecule has 0 bridgehead atoms. The van der Waals surface area contributed by atoms with Gasteiger partial charge in [-0.2, -0.15) is 0 Å². The molecule has 0 saturated heterocycles. The topological polar surface area (TPSA) is 120 Å². The molecule has 39 heavy (non-hydrogen) atoms. The highest BCUT2D eigenvalue weighted by Gasteiger charge is 2.29. The molecule has 1 heterocycles. The first-order valence-corrected chi connectivity index (χ1v) is 13.6. The molecule has 1 aliphatic rings. The Balaban J connectivity index is 1.49. The third kappa shape index (κ3) is 5.78. The number of amides is 1. The van der Waals surface area contributed by atoms with E-state index in [1.807, 2.05) is 24.3 Å². The molecule has 0 saturated carbocycles. The van der Waals surface area contributed by atoms with Gasteiger partial charge < -0.3 is 24.3 Å². The van der Waals surface area contributed by atoms with Gasteiger partial charge in [-0.05, 0) is 55.2 Å². The van der Waals surface area contributed by atoms with E-state index in [0.29, 0.717) is 35.0 Å². The van der Waals surface area contributed by atoms with Crippen LogP contribution in [0.4, 0.5) is 11.4 Å². The fourth-order valence-electron chi connectivity index (χ4n) is 4.41. The van der Waals surface area contributed by atoms with Gasteiger partial charge in [0.1, 0.15) is 5.75 Å². The molecule has 0 unspecified atom stereocenters. The molecule has 0 fully saturated rings. The van der Waals surface area contributed by atoms with Crippen molar-refractivity contribution in [1.29, 1.82) is 0 Å². The summed E-state index contributed by atoms with van der Waals surface area (Å²) in [6.45, 7) is 1.72. The number of methoxy groups -OCH3 is 3. The van der Waals surface area contributed by atoms with Crippen LogP contribution in [0.3, 0.4) is 0 Å². The van der Waals surface area contributed by atoms with Crippen molar-refractivity contribution in [3.8, 4) is 17.2 Å². The van der Waals surface area contributed by atoms with E-state index in [0.717, 1.165) is 18.4 Å². The van der Waals surface area contributed by atoms with Crippen LogP contribution in [0.5, 0.6) is 17.2 Å². The van der Waals surface area contributed by atoms with Crippen molar-refractivity contribution < 1.29 is 37.0 Å². The van der Waals surface area contributed by atoms with E-state index in [2.05, 4.69) is 5.32 Å². The second-order valence-electron chi connectivity index (χ2n) is 8.82. The number of benzene rings is 3. The smallest absolute Gasteiger partial charge is 0.340 e. The van der Waals surface area contributed by atoms with Gasteiger partial charge in [-0.25, -0.2) is 13.2 Å². The van der Waals surface area contributed by atoms with E-state index in [1.165, 1.54) is 56.0 Å². The molecule has 0 atom stereocenters. The molecule has 11 heteroatoms. The van der Waals surface area contributed by atoms with Crippen molar-refractivity contribution in [3.05, 3.63) is 71.3 Å². The monoisotopic (exact) mass is 554 g/mol. The third-order valence-corrected chi connectivity index (χ3v) is 8.17. The van der Waals surface area contributed by atoms with Gasteiger partial charge >= 0.3 is 5.97 Å². The lowest BCUT2D eigenvalue weighted by molar-refractivity contribution is -0.118. The van der Waals surface area contributed by atoms with Crippen LogP contribution in [0.1, 0.15) is 27.9 Å². The first kappa shape index (κ1) is 27.8. The van der Waals surface area contributed by atoms with Crippen molar-refractivity contribution in [2.75, 3.05) is 44.1 Å². The second kappa shape index (κ2) is 11.6. The van der Waals surface area contributed by atoms with Crippen molar-refractivity contribution in [1.82, 2.24) is 0 Å². The fourth-order valence-corrected chi connectivity index (χ4v) is 6.04. The maximum absolute atomic E-state index is 13.5. The highest BCUT2D eigenvalue weighted by Crippen LogP contribution is 2.35. The molecule has 206 valence electrons. The maximum atomic E-state index is 13.5. The largest absolute Gasteiger partial charge is 0.493 e. The molecule has 1 aliphatic heterocycles. The molecule has 3 aromatic rings. The number of hydrogen-bond acceptors (Lipinski definition) is 8. The van der Waals surface area contributed by atoms with Gasteiger partial charge in [0.2, 0.25) is 0 Å². The average molecular weight is 555 g/mol. The Kier molecular flexibility index (Phi) is 8.29. The standard InChI is InChI=1S/C28H30N2O8S/c1-18-14-20(39(33,34)30-13-7-9-19-8-5-6-10-23(19)30)11-12-24(18)38-17-27(31)29-22-16-26(36-3)25(35-2)15-21(22)28(32)37-4/h5-6,8,10-12,14-16H,7,9,13,17H2,1-4H3,(H,29,31). The highest BCUT2D eigenvalue weighted by molar-refractivity contribution is 7.92. The summed E-state index contributed by atoms with van der Waals surface area (Å²) in [5.74, 6) is -0.260. The highest BCUT2D eigenvalue weighted by atomic mass is 32.2. The number of carbonyl (C=O) groups excluding carboxylic acids is 2. The van der Waals surface area contributed by atoms with Crippen LogP contribution in [0.15, 0.2) is 59.5 Å². The molecule has 10 nitrogen and oxygen atoms in total. The van der Waals surface area contributed by atoms with Gasteiger partial charge in [0.05, 0.1) is 43.2 Å². The SMILES string of the molecule is COC(=O)c1cc(OC)c(OC)cc1NC(=O)COc1ccc(S(=O)(=O)N2CCCc3ccccc32)cc1C. The van der Waals surface area contributed by atoms with Gasteiger partial charge in [0.15, 0.2) is 18.1 Å². The van der Waals surface area contributed by atoms with E-state index >= 15 is 0 Å². The number of fused-ring (bicyclic) bond motifs is 1. The summed E-state index contributed by atoms with van der Waals surface area (Å²) in [4.78, 5) is 25.1. The molecule has 0 radical (unpaired) electrons. The van der Waals surface area contributed by atoms with Crippen LogP contribution in [0, 0.1) is 6.92 Å².